The van der Waals surface area contributed by atoms with E-state index >= 15 is 0 Å². The lowest BCUT2D eigenvalue weighted by Crippen LogP contribution is -2.09. The fourth-order valence-corrected chi connectivity index (χ4v) is 1.72. The van der Waals surface area contributed by atoms with Gasteiger partial charge in [-0.25, -0.2) is 4.39 Å². The van der Waals surface area contributed by atoms with E-state index in [2.05, 4.69) is 5.32 Å². The van der Waals surface area contributed by atoms with Crippen LogP contribution in [0.25, 0.3) is 12.2 Å². The van der Waals surface area contributed by atoms with E-state index in [0.29, 0.717) is 5.69 Å². The first kappa shape index (κ1) is 14.5. The Morgan fingerprint density at radius 1 is 1.05 bits per heavy atom. The molecule has 1 amide bonds. The van der Waals surface area contributed by atoms with Gasteiger partial charge in [-0.15, -0.1) is 0 Å². The van der Waals surface area contributed by atoms with Crippen LogP contribution in [0.1, 0.15) is 17.5 Å². The number of nitrogens with one attached hydrogen (secondary N) is 1. The molecule has 0 aliphatic rings. The van der Waals surface area contributed by atoms with Crippen LogP contribution in [0.15, 0.2) is 48.5 Å². The van der Waals surface area contributed by atoms with Crippen molar-refractivity contribution < 1.29 is 9.18 Å². The number of anilines is 1. The normalized spacial score (nSPS) is 10.3. The Hall–Kier alpha value is -2.93. The quantitative estimate of drug-likeness (QED) is 0.865. The lowest BCUT2D eigenvalue weighted by Gasteiger charge is -2.02. The zero-order valence-electron chi connectivity index (χ0n) is 11.2. The molecule has 0 saturated carbocycles. The van der Waals surface area contributed by atoms with Gasteiger partial charge in [-0.2, -0.15) is 5.26 Å². The third-order valence-electron chi connectivity index (χ3n) is 2.77. The predicted molar refractivity (Wildman–Crippen MR) is 80.6 cm³/mol. The van der Waals surface area contributed by atoms with Gasteiger partial charge in [0.15, 0.2) is 0 Å². The molecule has 2 aromatic rings. The number of carbonyl (C=O) groups is 1. The van der Waals surface area contributed by atoms with Crippen molar-refractivity contribution in [2.75, 3.05) is 5.32 Å². The summed E-state index contributed by atoms with van der Waals surface area (Å²) in [6.07, 6.45) is 3.61. The molecule has 2 aromatic carbocycles. The minimum absolute atomic E-state index is 0.160. The van der Waals surface area contributed by atoms with Gasteiger partial charge in [0.2, 0.25) is 5.91 Å². The predicted octanol–water partition coefficient (Wildman–Crippen LogP) is 3.85. The summed E-state index contributed by atoms with van der Waals surface area (Å²) < 4.78 is 12.8. The number of nitrogens with zero attached hydrogens (tertiary/aromatic N) is 1. The number of halogens is 1. The Morgan fingerprint density at radius 3 is 2.10 bits per heavy atom. The lowest BCUT2D eigenvalue weighted by atomic mass is 10.1. The highest BCUT2D eigenvalue weighted by Crippen LogP contribution is 2.13. The van der Waals surface area contributed by atoms with E-state index < -0.39 is 0 Å². The molecule has 1 N–H and O–H groups in total. The molecule has 0 spiro atoms. The van der Waals surface area contributed by atoms with Gasteiger partial charge in [0.05, 0.1) is 6.07 Å². The van der Waals surface area contributed by atoms with Crippen molar-refractivity contribution in [3.63, 3.8) is 0 Å². The molecule has 0 fully saturated rings. The van der Waals surface area contributed by atoms with E-state index in [1.54, 1.807) is 30.3 Å². The zero-order chi connectivity index (χ0) is 15.1. The second-order valence-electron chi connectivity index (χ2n) is 4.39. The molecule has 0 aliphatic carbocycles. The molecule has 0 saturated heterocycles. The van der Waals surface area contributed by atoms with E-state index in [4.69, 9.17) is 5.26 Å². The first-order chi connectivity index (χ1) is 10.2. The molecule has 2 rings (SSSR count). The number of hydrogen-bond donors (Lipinski definition) is 1. The van der Waals surface area contributed by atoms with Crippen molar-refractivity contribution in [3.05, 3.63) is 65.5 Å². The van der Waals surface area contributed by atoms with Crippen LogP contribution in [0.5, 0.6) is 0 Å². The molecule has 21 heavy (non-hydrogen) atoms. The number of nitriles is 1. The smallest absolute Gasteiger partial charge is 0.238 e. The van der Waals surface area contributed by atoms with Gasteiger partial charge in [0.1, 0.15) is 12.2 Å². The maximum atomic E-state index is 12.8. The number of carbonyl (C=O) groups excluding carboxylic acids is 1. The molecule has 104 valence electrons. The highest BCUT2D eigenvalue weighted by atomic mass is 19.1. The van der Waals surface area contributed by atoms with E-state index in [9.17, 15) is 9.18 Å². The molecule has 0 radical (unpaired) electrons. The molecule has 0 bridgehead atoms. The van der Waals surface area contributed by atoms with Gasteiger partial charge < -0.3 is 5.32 Å². The zero-order valence-corrected chi connectivity index (χ0v) is 11.2. The van der Waals surface area contributed by atoms with Gasteiger partial charge in [-0.1, -0.05) is 36.4 Å². The Labute approximate surface area is 122 Å². The molecule has 0 heterocycles. The summed E-state index contributed by atoms with van der Waals surface area (Å²) in [5.74, 6) is -0.586. The molecular weight excluding hydrogens is 267 g/mol. The van der Waals surface area contributed by atoms with Crippen molar-refractivity contribution in [2.45, 2.75) is 6.42 Å². The number of rotatable bonds is 4. The van der Waals surface area contributed by atoms with Crippen LogP contribution in [-0.4, -0.2) is 5.91 Å². The minimum Gasteiger partial charge on any atom is -0.325 e. The summed E-state index contributed by atoms with van der Waals surface area (Å²) >= 11 is 0. The number of benzene rings is 2. The highest BCUT2D eigenvalue weighted by molar-refractivity contribution is 5.92. The SMILES string of the molecule is N#CCC(=O)Nc1ccc(C=Cc2ccc(F)cc2)cc1. The second-order valence-corrected chi connectivity index (χ2v) is 4.39. The highest BCUT2D eigenvalue weighted by Gasteiger charge is 2.00. The van der Waals surface area contributed by atoms with Crippen LogP contribution >= 0.6 is 0 Å². The molecule has 0 unspecified atom stereocenters. The molecule has 0 aromatic heterocycles. The number of amides is 1. The van der Waals surface area contributed by atoms with E-state index in [0.717, 1.165) is 11.1 Å². The summed E-state index contributed by atoms with van der Waals surface area (Å²) in [4.78, 5) is 11.3. The standard InChI is InChI=1S/C17H13FN2O/c18-15-7-3-13(4-8-15)1-2-14-5-9-16(10-6-14)20-17(21)11-12-19/h1-10H,11H2,(H,20,21). The van der Waals surface area contributed by atoms with E-state index in [1.165, 1.54) is 12.1 Å². The second kappa shape index (κ2) is 7.01. The van der Waals surface area contributed by atoms with Crippen LogP contribution in [0, 0.1) is 17.1 Å². The molecule has 4 heteroatoms. The fourth-order valence-electron chi connectivity index (χ4n) is 1.72. The summed E-state index contributed by atoms with van der Waals surface area (Å²) in [7, 11) is 0. The molecule has 0 atom stereocenters. The Balaban J connectivity index is 2.00. The van der Waals surface area contributed by atoms with Gasteiger partial charge in [-0.05, 0) is 35.4 Å². The van der Waals surface area contributed by atoms with Crippen LogP contribution in [0.2, 0.25) is 0 Å². The summed E-state index contributed by atoms with van der Waals surface area (Å²) in [6, 6.07) is 15.2. The number of hydrogen-bond acceptors (Lipinski definition) is 2. The lowest BCUT2D eigenvalue weighted by molar-refractivity contribution is -0.115. The van der Waals surface area contributed by atoms with Crippen LogP contribution in [-0.2, 0) is 4.79 Å². The third kappa shape index (κ3) is 4.59. The Bertz CT molecular complexity index is 682. The molecular formula is C17H13FN2O. The first-order valence-electron chi connectivity index (χ1n) is 6.38. The van der Waals surface area contributed by atoms with Crippen molar-refractivity contribution in [2.24, 2.45) is 0 Å². The van der Waals surface area contributed by atoms with Crippen LogP contribution < -0.4 is 5.32 Å². The monoisotopic (exact) mass is 280 g/mol. The van der Waals surface area contributed by atoms with E-state index in [1.807, 2.05) is 24.3 Å². The maximum absolute atomic E-state index is 12.8. The van der Waals surface area contributed by atoms with Crippen molar-refractivity contribution in [3.8, 4) is 6.07 Å². The fraction of sp³-hybridized carbons (Fsp3) is 0.0588. The van der Waals surface area contributed by atoms with Gasteiger partial charge in [0, 0.05) is 5.69 Å². The van der Waals surface area contributed by atoms with Crippen LogP contribution in [0.3, 0.4) is 0 Å². The van der Waals surface area contributed by atoms with E-state index in [-0.39, 0.29) is 18.1 Å². The molecule has 0 aliphatic heterocycles. The Morgan fingerprint density at radius 2 is 1.57 bits per heavy atom. The van der Waals surface area contributed by atoms with Crippen molar-refractivity contribution in [1.82, 2.24) is 0 Å². The first-order valence-corrected chi connectivity index (χ1v) is 6.38. The van der Waals surface area contributed by atoms with Crippen molar-refractivity contribution >= 4 is 23.7 Å². The van der Waals surface area contributed by atoms with Crippen LogP contribution in [0.4, 0.5) is 10.1 Å². The summed E-state index contributed by atoms with van der Waals surface area (Å²) in [6.45, 7) is 0. The largest absolute Gasteiger partial charge is 0.325 e. The maximum Gasteiger partial charge on any atom is 0.238 e. The average molecular weight is 280 g/mol. The van der Waals surface area contributed by atoms with Crippen molar-refractivity contribution in [1.29, 1.82) is 5.26 Å². The average Bonchev–Trinajstić information content (AvgIpc) is 2.48. The van der Waals surface area contributed by atoms with Gasteiger partial charge >= 0.3 is 0 Å². The summed E-state index contributed by atoms with van der Waals surface area (Å²) in [5, 5.41) is 11.0. The third-order valence-corrected chi connectivity index (χ3v) is 2.77. The summed E-state index contributed by atoms with van der Waals surface area (Å²) in [5.41, 5.74) is 2.51. The Kier molecular flexibility index (Phi) is 4.84. The topological polar surface area (TPSA) is 52.9 Å². The minimum atomic E-state index is -0.327. The molecule has 3 nitrogen and oxygen atoms in total. The van der Waals surface area contributed by atoms with Gasteiger partial charge in [-0.3, -0.25) is 4.79 Å². The van der Waals surface area contributed by atoms with Gasteiger partial charge in [0.25, 0.3) is 0 Å².